The summed E-state index contributed by atoms with van der Waals surface area (Å²) in [5.74, 6) is -0.359. The molecule has 0 atom stereocenters. The Morgan fingerprint density at radius 2 is 2.11 bits per heavy atom. The van der Waals surface area contributed by atoms with Crippen LogP contribution in [0.5, 0.6) is 5.75 Å². The summed E-state index contributed by atoms with van der Waals surface area (Å²) in [7, 11) is 4.04. The number of nitrogens with zero attached hydrogens (tertiary/aromatic N) is 1. The largest absolute Gasteiger partial charge is 0.507 e. The molecule has 0 fully saturated rings. The lowest BCUT2D eigenvalue weighted by Gasteiger charge is -2.10. The third-order valence-electron chi connectivity index (χ3n) is 2.52. The molecule has 4 nitrogen and oxygen atoms in total. The van der Waals surface area contributed by atoms with Crippen LogP contribution in [0, 0.1) is 0 Å². The standard InChI is InChI=1S/C13H19ClN2O2/c1-16(2)8-4-3-7-15-13(18)11-6-5-10(14)9-12(11)17/h5-6,9,17H,3-4,7-8H2,1-2H3,(H,15,18). The summed E-state index contributed by atoms with van der Waals surface area (Å²) in [4.78, 5) is 13.9. The average molecular weight is 271 g/mol. The molecule has 1 rings (SSSR count). The van der Waals surface area contributed by atoms with Crippen LogP contribution < -0.4 is 5.32 Å². The molecule has 18 heavy (non-hydrogen) atoms. The summed E-state index contributed by atoms with van der Waals surface area (Å²) in [6, 6.07) is 4.47. The van der Waals surface area contributed by atoms with Crippen molar-refractivity contribution in [3.63, 3.8) is 0 Å². The van der Waals surface area contributed by atoms with Gasteiger partial charge in [-0.05, 0) is 51.7 Å². The number of carbonyl (C=O) groups is 1. The van der Waals surface area contributed by atoms with Crippen molar-refractivity contribution in [2.24, 2.45) is 0 Å². The summed E-state index contributed by atoms with van der Waals surface area (Å²) < 4.78 is 0. The van der Waals surface area contributed by atoms with E-state index in [1.165, 1.54) is 12.1 Å². The number of aromatic hydroxyl groups is 1. The molecule has 0 aliphatic rings. The van der Waals surface area contributed by atoms with E-state index in [9.17, 15) is 9.90 Å². The van der Waals surface area contributed by atoms with Crippen LogP contribution in [-0.2, 0) is 0 Å². The van der Waals surface area contributed by atoms with E-state index >= 15 is 0 Å². The summed E-state index contributed by atoms with van der Waals surface area (Å²) in [5.41, 5.74) is 0.256. The molecule has 1 aromatic rings. The molecule has 0 spiro atoms. The molecule has 0 unspecified atom stereocenters. The first kappa shape index (κ1) is 14.8. The fourth-order valence-corrected chi connectivity index (χ4v) is 1.71. The average Bonchev–Trinajstić information content (AvgIpc) is 2.27. The van der Waals surface area contributed by atoms with Gasteiger partial charge in [-0.25, -0.2) is 0 Å². The second-order valence-corrected chi connectivity index (χ2v) is 4.86. The summed E-state index contributed by atoms with van der Waals surface area (Å²) in [6.07, 6.45) is 1.94. The van der Waals surface area contributed by atoms with Crippen molar-refractivity contribution in [2.45, 2.75) is 12.8 Å². The van der Waals surface area contributed by atoms with Gasteiger partial charge in [-0.1, -0.05) is 11.6 Å². The van der Waals surface area contributed by atoms with Gasteiger partial charge >= 0.3 is 0 Å². The Kier molecular flexibility index (Phi) is 5.95. The molecule has 0 aromatic heterocycles. The van der Waals surface area contributed by atoms with E-state index in [0.29, 0.717) is 11.6 Å². The van der Waals surface area contributed by atoms with Gasteiger partial charge in [-0.3, -0.25) is 4.79 Å². The SMILES string of the molecule is CN(C)CCCCNC(=O)c1ccc(Cl)cc1O. The molecule has 1 aromatic carbocycles. The van der Waals surface area contributed by atoms with Crippen molar-refractivity contribution in [3.8, 4) is 5.75 Å². The number of rotatable bonds is 6. The zero-order chi connectivity index (χ0) is 13.5. The van der Waals surface area contributed by atoms with Crippen molar-refractivity contribution in [3.05, 3.63) is 28.8 Å². The number of phenols is 1. The molecule has 0 heterocycles. The predicted octanol–water partition coefficient (Wildman–Crippen LogP) is 2.12. The molecular weight excluding hydrogens is 252 g/mol. The van der Waals surface area contributed by atoms with Crippen molar-refractivity contribution in [1.29, 1.82) is 0 Å². The lowest BCUT2D eigenvalue weighted by Crippen LogP contribution is -2.25. The van der Waals surface area contributed by atoms with E-state index in [0.717, 1.165) is 19.4 Å². The molecule has 1 amide bonds. The van der Waals surface area contributed by atoms with Crippen molar-refractivity contribution in [2.75, 3.05) is 27.2 Å². The van der Waals surface area contributed by atoms with Gasteiger partial charge in [0.05, 0.1) is 5.56 Å². The number of unbranched alkanes of at least 4 members (excludes halogenated alkanes) is 1. The summed E-state index contributed by atoms with van der Waals surface area (Å²) in [6.45, 7) is 1.61. The highest BCUT2D eigenvalue weighted by Gasteiger charge is 2.10. The molecular formula is C13H19ClN2O2. The Balaban J connectivity index is 2.36. The monoisotopic (exact) mass is 270 g/mol. The first-order valence-corrected chi connectivity index (χ1v) is 6.30. The molecule has 0 aliphatic carbocycles. The highest BCUT2D eigenvalue weighted by atomic mass is 35.5. The second-order valence-electron chi connectivity index (χ2n) is 4.43. The van der Waals surface area contributed by atoms with Gasteiger partial charge in [-0.2, -0.15) is 0 Å². The van der Waals surface area contributed by atoms with Crippen molar-refractivity contribution in [1.82, 2.24) is 10.2 Å². The van der Waals surface area contributed by atoms with Crippen LogP contribution in [0.25, 0.3) is 0 Å². The maximum absolute atomic E-state index is 11.7. The van der Waals surface area contributed by atoms with E-state index in [1.807, 2.05) is 14.1 Å². The molecule has 2 N–H and O–H groups in total. The molecule has 0 saturated heterocycles. The topological polar surface area (TPSA) is 52.6 Å². The maximum Gasteiger partial charge on any atom is 0.255 e. The normalized spacial score (nSPS) is 10.7. The number of carbonyl (C=O) groups excluding carboxylic acids is 1. The van der Waals surface area contributed by atoms with Crippen LogP contribution in [0.1, 0.15) is 23.2 Å². The van der Waals surface area contributed by atoms with E-state index in [2.05, 4.69) is 10.2 Å². The fraction of sp³-hybridized carbons (Fsp3) is 0.462. The predicted molar refractivity (Wildman–Crippen MR) is 73.2 cm³/mol. The van der Waals surface area contributed by atoms with Crippen LogP contribution in [-0.4, -0.2) is 43.1 Å². The first-order valence-electron chi connectivity index (χ1n) is 5.92. The number of halogens is 1. The van der Waals surface area contributed by atoms with Gasteiger partial charge in [0.1, 0.15) is 5.75 Å². The number of hydrogen-bond acceptors (Lipinski definition) is 3. The quantitative estimate of drug-likeness (QED) is 0.779. The van der Waals surface area contributed by atoms with Crippen LogP contribution >= 0.6 is 11.6 Å². The van der Waals surface area contributed by atoms with Gasteiger partial charge in [0.25, 0.3) is 5.91 Å². The molecule has 0 aliphatic heterocycles. The minimum atomic E-state index is -0.269. The molecule has 0 bridgehead atoms. The zero-order valence-electron chi connectivity index (χ0n) is 10.7. The zero-order valence-corrected chi connectivity index (χ0v) is 11.5. The van der Waals surface area contributed by atoms with E-state index < -0.39 is 0 Å². The van der Waals surface area contributed by atoms with E-state index in [4.69, 9.17) is 11.6 Å². The van der Waals surface area contributed by atoms with Crippen LogP contribution in [0.2, 0.25) is 5.02 Å². The molecule has 0 radical (unpaired) electrons. The Labute approximate surface area is 113 Å². The number of amides is 1. The van der Waals surface area contributed by atoms with E-state index in [1.54, 1.807) is 6.07 Å². The minimum absolute atomic E-state index is 0.0895. The van der Waals surface area contributed by atoms with E-state index in [-0.39, 0.29) is 17.2 Å². The van der Waals surface area contributed by atoms with Gasteiger partial charge in [-0.15, -0.1) is 0 Å². The van der Waals surface area contributed by atoms with Crippen LogP contribution in [0.15, 0.2) is 18.2 Å². The third kappa shape index (κ3) is 4.94. The number of phenolic OH excluding ortho intramolecular Hbond substituents is 1. The molecule has 5 heteroatoms. The lowest BCUT2D eigenvalue weighted by atomic mass is 10.2. The maximum atomic E-state index is 11.7. The highest BCUT2D eigenvalue weighted by molar-refractivity contribution is 6.30. The number of benzene rings is 1. The number of nitrogens with one attached hydrogen (secondary N) is 1. The lowest BCUT2D eigenvalue weighted by molar-refractivity contribution is 0.0950. The minimum Gasteiger partial charge on any atom is -0.507 e. The smallest absolute Gasteiger partial charge is 0.255 e. The Morgan fingerprint density at radius 1 is 1.39 bits per heavy atom. The van der Waals surface area contributed by atoms with Gasteiger partial charge < -0.3 is 15.3 Å². The Morgan fingerprint density at radius 3 is 2.72 bits per heavy atom. The van der Waals surface area contributed by atoms with Crippen molar-refractivity contribution >= 4 is 17.5 Å². The van der Waals surface area contributed by atoms with Gasteiger partial charge in [0.2, 0.25) is 0 Å². The number of hydrogen-bond donors (Lipinski definition) is 2. The molecule has 0 saturated carbocycles. The summed E-state index contributed by atoms with van der Waals surface area (Å²) in [5, 5.41) is 12.8. The second kappa shape index (κ2) is 7.24. The Hall–Kier alpha value is -1.26. The van der Waals surface area contributed by atoms with Gasteiger partial charge in [0.15, 0.2) is 0 Å². The summed E-state index contributed by atoms with van der Waals surface area (Å²) >= 11 is 5.70. The van der Waals surface area contributed by atoms with Crippen molar-refractivity contribution < 1.29 is 9.90 Å². The van der Waals surface area contributed by atoms with Crippen LogP contribution in [0.4, 0.5) is 0 Å². The highest BCUT2D eigenvalue weighted by Crippen LogP contribution is 2.21. The molecule has 100 valence electrons. The fourth-order valence-electron chi connectivity index (χ4n) is 1.55. The van der Waals surface area contributed by atoms with Crippen LogP contribution in [0.3, 0.4) is 0 Å². The van der Waals surface area contributed by atoms with Gasteiger partial charge in [0, 0.05) is 11.6 Å². The first-order chi connectivity index (χ1) is 8.50. The Bertz CT molecular complexity index is 408. The third-order valence-corrected chi connectivity index (χ3v) is 2.76.